The highest BCUT2D eigenvalue weighted by Gasteiger charge is 2.40. The number of carboxylic acid groups (broad SMARTS) is 1. The van der Waals surface area contributed by atoms with E-state index in [1.165, 1.54) is 6.92 Å². The van der Waals surface area contributed by atoms with Crippen molar-refractivity contribution in [3.05, 3.63) is 23.0 Å². The van der Waals surface area contributed by atoms with Crippen molar-refractivity contribution in [1.82, 2.24) is 0 Å². The zero-order valence-electron chi connectivity index (χ0n) is 9.56. The molecule has 6 nitrogen and oxygen atoms in total. The first-order chi connectivity index (χ1) is 7.81. The molecule has 94 valence electrons. The minimum atomic E-state index is -2.18. The van der Waals surface area contributed by atoms with Gasteiger partial charge in [0.15, 0.2) is 5.60 Å². The van der Waals surface area contributed by atoms with Gasteiger partial charge in [-0.2, -0.15) is 0 Å². The minimum absolute atomic E-state index is 0.0854. The predicted molar refractivity (Wildman–Crippen MR) is 57.2 cm³/mol. The smallest absolute Gasteiger partial charge is 0.341 e. The largest absolute Gasteiger partial charge is 0.511 e. The maximum Gasteiger partial charge on any atom is 0.341 e. The average Bonchev–Trinajstić information content (AvgIpc) is 2.15. The Labute approximate surface area is 97.8 Å². The van der Waals surface area contributed by atoms with Crippen molar-refractivity contribution in [1.29, 1.82) is 0 Å². The molecule has 1 unspecified atom stereocenters. The van der Waals surface area contributed by atoms with Crippen molar-refractivity contribution in [2.75, 3.05) is 6.61 Å². The van der Waals surface area contributed by atoms with Gasteiger partial charge >= 0.3 is 11.9 Å². The van der Waals surface area contributed by atoms with Gasteiger partial charge in [0.05, 0.1) is 12.2 Å². The molecule has 0 aromatic heterocycles. The molecular weight excluding hydrogens is 228 g/mol. The number of hydrogen-bond acceptors (Lipinski definition) is 5. The standard InChI is InChI=1S/C11H14O6/c1-3-17-9(13)8-6(2)4-11(16,10(14)15)5-7(8)12/h4,12,16H,3,5H2,1-2H3,(H,14,15). The Morgan fingerprint density at radius 3 is 2.53 bits per heavy atom. The molecule has 0 bridgehead atoms. The van der Waals surface area contributed by atoms with Gasteiger partial charge in [-0.1, -0.05) is 0 Å². The van der Waals surface area contributed by atoms with Gasteiger partial charge in [0.1, 0.15) is 5.76 Å². The molecule has 1 aliphatic carbocycles. The van der Waals surface area contributed by atoms with E-state index in [0.29, 0.717) is 0 Å². The Balaban J connectivity index is 3.10. The van der Waals surface area contributed by atoms with Crippen LogP contribution in [0.5, 0.6) is 0 Å². The first kappa shape index (κ1) is 13.2. The quantitative estimate of drug-likeness (QED) is 0.623. The maximum atomic E-state index is 11.5. The third-order valence-electron chi connectivity index (χ3n) is 2.43. The first-order valence-corrected chi connectivity index (χ1v) is 5.06. The summed E-state index contributed by atoms with van der Waals surface area (Å²) in [4.78, 5) is 22.3. The van der Waals surface area contributed by atoms with Crippen LogP contribution in [-0.2, 0) is 14.3 Å². The molecule has 0 saturated carbocycles. The van der Waals surface area contributed by atoms with Crippen LogP contribution >= 0.6 is 0 Å². The second-order valence-electron chi connectivity index (χ2n) is 3.78. The minimum Gasteiger partial charge on any atom is -0.511 e. The van der Waals surface area contributed by atoms with Gasteiger partial charge in [-0.15, -0.1) is 0 Å². The lowest BCUT2D eigenvalue weighted by Gasteiger charge is -2.26. The second kappa shape index (κ2) is 4.58. The number of rotatable bonds is 3. The molecule has 17 heavy (non-hydrogen) atoms. The number of carbonyl (C=O) groups is 2. The number of hydrogen-bond donors (Lipinski definition) is 3. The lowest BCUT2D eigenvalue weighted by Crippen LogP contribution is -2.39. The van der Waals surface area contributed by atoms with E-state index in [1.807, 2.05) is 0 Å². The summed E-state index contributed by atoms with van der Waals surface area (Å²) in [6.07, 6.45) is 0.481. The molecular formula is C11H14O6. The fourth-order valence-corrected chi connectivity index (χ4v) is 1.67. The summed E-state index contributed by atoms with van der Waals surface area (Å²) in [5.74, 6) is -2.69. The molecule has 6 heteroatoms. The summed E-state index contributed by atoms with van der Waals surface area (Å²) in [5.41, 5.74) is -2.08. The van der Waals surface area contributed by atoms with Crippen molar-refractivity contribution in [3.8, 4) is 0 Å². The molecule has 0 aliphatic heterocycles. The van der Waals surface area contributed by atoms with Crippen molar-refractivity contribution in [2.24, 2.45) is 0 Å². The van der Waals surface area contributed by atoms with E-state index in [-0.39, 0.29) is 17.8 Å². The second-order valence-corrected chi connectivity index (χ2v) is 3.78. The van der Waals surface area contributed by atoms with Crippen LogP contribution in [0.3, 0.4) is 0 Å². The Bertz CT molecular complexity index is 420. The topological polar surface area (TPSA) is 104 Å². The lowest BCUT2D eigenvalue weighted by molar-refractivity contribution is -0.154. The van der Waals surface area contributed by atoms with Gasteiger partial charge in [0.25, 0.3) is 0 Å². The van der Waals surface area contributed by atoms with Gasteiger partial charge in [-0.05, 0) is 25.5 Å². The predicted octanol–water partition coefficient (Wildman–Crippen LogP) is 0.527. The molecule has 1 rings (SSSR count). The van der Waals surface area contributed by atoms with Crippen molar-refractivity contribution in [3.63, 3.8) is 0 Å². The van der Waals surface area contributed by atoms with Crippen LogP contribution in [0.25, 0.3) is 0 Å². The van der Waals surface area contributed by atoms with Crippen LogP contribution in [0, 0.1) is 0 Å². The van der Waals surface area contributed by atoms with Gasteiger partial charge in [0.2, 0.25) is 0 Å². The highest BCUT2D eigenvalue weighted by Crippen LogP contribution is 2.31. The van der Waals surface area contributed by atoms with E-state index in [1.54, 1.807) is 6.92 Å². The molecule has 3 N–H and O–H groups in total. The van der Waals surface area contributed by atoms with E-state index in [4.69, 9.17) is 9.84 Å². The van der Waals surface area contributed by atoms with Crippen LogP contribution in [0.1, 0.15) is 20.3 Å². The summed E-state index contributed by atoms with van der Waals surface area (Å²) in [6, 6.07) is 0. The highest BCUT2D eigenvalue weighted by atomic mass is 16.5. The van der Waals surface area contributed by atoms with Crippen LogP contribution < -0.4 is 0 Å². The normalized spacial score (nSPS) is 24.3. The van der Waals surface area contributed by atoms with Gasteiger partial charge in [-0.3, -0.25) is 0 Å². The summed E-state index contributed by atoms with van der Waals surface area (Å²) >= 11 is 0. The summed E-state index contributed by atoms with van der Waals surface area (Å²) < 4.78 is 4.72. The number of ether oxygens (including phenoxy) is 1. The first-order valence-electron chi connectivity index (χ1n) is 5.06. The Kier molecular flexibility index (Phi) is 3.57. The Hall–Kier alpha value is -1.82. The fourth-order valence-electron chi connectivity index (χ4n) is 1.67. The number of aliphatic hydroxyl groups is 2. The number of esters is 1. The molecule has 0 fully saturated rings. The molecule has 0 saturated heterocycles. The zero-order valence-corrected chi connectivity index (χ0v) is 9.56. The average molecular weight is 242 g/mol. The number of aliphatic carboxylic acids is 1. The van der Waals surface area contributed by atoms with E-state index in [0.717, 1.165) is 6.08 Å². The Morgan fingerprint density at radius 1 is 1.53 bits per heavy atom. The van der Waals surface area contributed by atoms with Gasteiger partial charge in [0, 0.05) is 6.42 Å². The highest BCUT2D eigenvalue weighted by molar-refractivity contribution is 5.95. The van der Waals surface area contributed by atoms with Gasteiger partial charge < -0.3 is 20.1 Å². The van der Waals surface area contributed by atoms with Crippen molar-refractivity contribution >= 4 is 11.9 Å². The van der Waals surface area contributed by atoms with Crippen LogP contribution in [-0.4, -0.2) is 39.5 Å². The van der Waals surface area contributed by atoms with Crippen LogP contribution in [0.15, 0.2) is 23.0 Å². The van der Waals surface area contributed by atoms with E-state index < -0.39 is 29.7 Å². The van der Waals surface area contributed by atoms with Crippen LogP contribution in [0.4, 0.5) is 0 Å². The van der Waals surface area contributed by atoms with E-state index in [2.05, 4.69) is 0 Å². The molecule has 0 radical (unpaired) electrons. The van der Waals surface area contributed by atoms with Crippen molar-refractivity contribution in [2.45, 2.75) is 25.9 Å². The SMILES string of the molecule is CCOC(=O)C1=C(O)CC(O)(C(=O)O)C=C1C. The third-order valence-corrected chi connectivity index (χ3v) is 2.43. The van der Waals surface area contributed by atoms with E-state index >= 15 is 0 Å². The molecule has 0 aromatic rings. The van der Waals surface area contributed by atoms with E-state index in [9.17, 15) is 19.8 Å². The molecule has 0 amide bonds. The Morgan fingerprint density at radius 2 is 2.12 bits per heavy atom. The van der Waals surface area contributed by atoms with Crippen molar-refractivity contribution < 1.29 is 29.6 Å². The van der Waals surface area contributed by atoms with Gasteiger partial charge in [-0.25, -0.2) is 9.59 Å². The zero-order chi connectivity index (χ0) is 13.2. The summed E-state index contributed by atoms with van der Waals surface area (Å²) in [7, 11) is 0. The molecule has 0 spiro atoms. The number of carboxylic acids is 1. The molecule has 0 aromatic carbocycles. The number of carbonyl (C=O) groups excluding carboxylic acids is 1. The maximum absolute atomic E-state index is 11.5. The lowest BCUT2D eigenvalue weighted by atomic mass is 9.86. The monoisotopic (exact) mass is 242 g/mol. The molecule has 1 aliphatic rings. The van der Waals surface area contributed by atoms with Crippen LogP contribution in [0.2, 0.25) is 0 Å². The molecule has 1 atom stereocenters. The molecule has 0 heterocycles. The fraction of sp³-hybridized carbons (Fsp3) is 0.455. The third kappa shape index (κ3) is 2.47. The summed E-state index contributed by atoms with van der Waals surface area (Å²) in [6.45, 7) is 3.19. The number of aliphatic hydroxyl groups excluding tert-OH is 1. The summed E-state index contributed by atoms with van der Waals surface area (Å²) in [5, 5.41) is 28.1.